The Bertz CT molecular complexity index is 958. The highest BCUT2D eigenvalue weighted by Gasteiger charge is 2.53. The molecule has 44 heavy (non-hydrogen) atoms. The van der Waals surface area contributed by atoms with Crippen LogP contribution in [0.1, 0.15) is 6.92 Å². The second kappa shape index (κ2) is 14.8. The van der Waals surface area contributed by atoms with Crippen molar-refractivity contribution in [3.63, 3.8) is 0 Å². The second-order valence-electron chi connectivity index (χ2n) is 11.4. The van der Waals surface area contributed by atoms with E-state index in [0.29, 0.717) is 0 Å². The van der Waals surface area contributed by atoms with E-state index in [-0.39, 0.29) is 5.57 Å². The molecule has 2 unspecified atom stereocenters. The number of hydrogen-bond acceptors (Lipinski definition) is 19. The Morgan fingerprint density at radius 2 is 1.16 bits per heavy atom. The summed E-state index contributed by atoms with van der Waals surface area (Å²) in [5, 5.41) is 136. The normalized spacial score (nSPS) is 52.0. The molecule has 1 aliphatic carbocycles. The van der Waals surface area contributed by atoms with E-state index in [2.05, 4.69) is 5.32 Å². The molecule has 0 radical (unpaired) electrons. The topological polar surface area (TPSA) is 321 Å². The largest absolute Gasteiger partial charge is 0.394 e. The molecule has 3 heterocycles. The lowest BCUT2D eigenvalue weighted by molar-refractivity contribution is -0.373. The highest BCUT2D eigenvalue weighted by Crippen LogP contribution is 2.32. The molecule has 4 aliphatic rings. The van der Waals surface area contributed by atoms with Crippen molar-refractivity contribution >= 4 is 0 Å². The molecule has 19 atom stereocenters. The van der Waals surface area contributed by atoms with Gasteiger partial charge in [0.25, 0.3) is 0 Å². The van der Waals surface area contributed by atoms with Gasteiger partial charge in [0.1, 0.15) is 79.4 Å². The quantitative estimate of drug-likeness (QED) is 0.0816. The minimum Gasteiger partial charge on any atom is -0.394 e. The first-order chi connectivity index (χ1) is 20.7. The molecule has 4 rings (SSSR count). The Hall–Kier alpha value is -1.02. The van der Waals surface area contributed by atoms with Gasteiger partial charge in [-0.05, 0) is 12.5 Å². The maximum atomic E-state index is 10.9. The molecular formula is C25H43NO18. The van der Waals surface area contributed by atoms with Gasteiger partial charge < -0.3 is 95.4 Å². The molecule has 3 saturated heterocycles. The van der Waals surface area contributed by atoms with Crippen molar-refractivity contribution in [1.82, 2.24) is 5.32 Å². The van der Waals surface area contributed by atoms with Gasteiger partial charge in [-0.15, -0.1) is 0 Å². The van der Waals surface area contributed by atoms with E-state index in [1.165, 1.54) is 13.0 Å². The highest BCUT2D eigenvalue weighted by atomic mass is 16.7. The monoisotopic (exact) mass is 646 g/mol. The molecular weight excluding hydrogens is 603 g/mol. The number of rotatable bonds is 9. The highest BCUT2D eigenvalue weighted by molar-refractivity contribution is 5.22. The van der Waals surface area contributed by atoms with E-state index in [4.69, 9.17) is 23.7 Å². The molecule has 3 fully saturated rings. The smallest absolute Gasteiger partial charge is 0.187 e. The molecule has 0 aromatic rings. The summed E-state index contributed by atoms with van der Waals surface area (Å²) in [6.45, 7) is -0.753. The summed E-state index contributed by atoms with van der Waals surface area (Å²) in [6.07, 6.45) is -26.6. The fourth-order valence-electron chi connectivity index (χ4n) is 5.81. The lowest BCUT2D eigenvalue weighted by Crippen LogP contribution is -2.68. The van der Waals surface area contributed by atoms with Crippen molar-refractivity contribution in [2.75, 3.05) is 19.8 Å². The van der Waals surface area contributed by atoms with Crippen LogP contribution in [0.2, 0.25) is 0 Å². The van der Waals surface area contributed by atoms with Crippen LogP contribution in [0.4, 0.5) is 0 Å². The van der Waals surface area contributed by atoms with Gasteiger partial charge in [-0.25, -0.2) is 0 Å². The summed E-state index contributed by atoms with van der Waals surface area (Å²) >= 11 is 0. The number of aliphatic hydroxyl groups is 13. The van der Waals surface area contributed by atoms with Crippen LogP contribution in [0.15, 0.2) is 11.6 Å². The molecule has 19 heteroatoms. The van der Waals surface area contributed by atoms with Crippen LogP contribution in [-0.2, 0) is 23.7 Å². The van der Waals surface area contributed by atoms with E-state index in [9.17, 15) is 66.4 Å². The van der Waals surface area contributed by atoms with Crippen LogP contribution in [-0.4, -0.2) is 203 Å². The van der Waals surface area contributed by atoms with Crippen LogP contribution in [0.25, 0.3) is 0 Å². The van der Waals surface area contributed by atoms with Crippen LogP contribution >= 0.6 is 0 Å². The number of aliphatic hydroxyl groups excluding tert-OH is 13. The van der Waals surface area contributed by atoms with E-state index in [1.54, 1.807) is 0 Å². The summed E-state index contributed by atoms with van der Waals surface area (Å²) < 4.78 is 27.4. The second-order valence-corrected chi connectivity index (χ2v) is 11.4. The summed E-state index contributed by atoms with van der Waals surface area (Å²) in [5.41, 5.74) is 0.0225. The minimum atomic E-state index is -1.93. The predicted octanol–water partition coefficient (Wildman–Crippen LogP) is -8.56. The fraction of sp³-hybridized carbons (Fsp3) is 0.920. The Balaban J connectivity index is 1.42. The van der Waals surface area contributed by atoms with Crippen LogP contribution in [0.3, 0.4) is 0 Å². The molecule has 0 aromatic carbocycles. The third-order valence-electron chi connectivity index (χ3n) is 8.48. The van der Waals surface area contributed by atoms with E-state index in [0.717, 1.165) is 0 Å². The Morgan fingerprint density at radius 3 is 1.73 bits per heavy atom. The number of nitrogens with one attached hydrogen (secondary N) is 1. The lowest BCUT2D eigenvalue weighted by atomic mass is 9.88. The van der Waals surface area contributed by atoms with Gasteiger partial charge in [0.05, 0.1) is 38.0 Å². The van der Waals surface area contributed by atoms with Crippen LogP contribution in [0.5, 0.6) is 0 Å². The van der Waals surface area contributed by atoms with Gasteiger partial charge in [0.15, 0.2) is 18.9 Å². The fourth-order valence-corrected chi connectivity index (χ4v) is 5.81. The van der Waals surface area contributed by atoms with Gasteiger partial charge in [-0.2, -0.15) is 0 Å². The van der Waals surface area contributed by atoms with Gasteiger partial charge in [0, 0.05) is 0 Å². The zero-order chi connectivity index (χ0) is 32.6. The van der Waals surface area contributed by atoms with E-state index in [1.807, 2.05) is 0 Å². The predicted molar refractivity (Wildman–Crippen MR) is 138 cm³/mol. The van der Waals surface area contributed by atoms with Crippen molar-refractivity contribution in [3.8, 4) is 0 Å². The van der Waals surface area contributed by atoms with E-state index >= 15 is 0 Å². The number of hydrogen-bond donors (Lipinski definition) is 14. The Morgan fingerprint density at radius 1 is 0.636 bits per heavy atom. The lowest BCUT2D eigenvalue weighted by Gasteiger charge is -2.48. The zero-order valence-corrected chi connectivity index (χ0v) is 23.5. The average molecular weight is 647 g/mol. The van der Waals surface area contributed by atoms with Crippen molar-refractivity contribution in [3.05, 3.63) is 11.6 Å². The zero-order valence-electron chi connectivity index (χ0n) is 23.5. The molecule has 3 aliphatic heterocycles. The third-order valence-corrected chi connectivity index (χ3v) is 8.48. The molecule has 0 spiro atoms. The molecule has 14 N–H and O–H groups in total. The Kier molecular flexibility index (Phi) is 12.1. The van der Waals surface area contributed by atoms with Crippen molar-refractivity contribution in [2.45, 2.75) is 123 Å². The van der Waals surface area contributed by atoms with E-state index < -0.39 is 136 Å². The molecule has 19 nitrogen and oxygen atoms in total. The maximum Gasteiger partial charge on any atom is 0.187 e. The van der Waals surface area contributed by atoms with Gasteiger partial charge >= 0.3 is 0 Å². The molecule has 0 aromatic heterocycles. The van der Waals surface area contributed by atoms with Crippen LogP contribution < -0.4 is 5.32 Å². The standard InChI is InChI=1S/C25H43NO18/c1-6-11(26-8-2-7(3-27)12(30)15(33)13(8)31)14(32)19(37)24(40-6)43-22-10(5-29)42-25(20(38)17(22)35)44-21-9(4-28)41-23(39)18(36)16(21)34/h2,6,8-39H,3-5H2,1H3/t6-,8?,9-,10-,11-,12-,13+,14+,15+,16-,17-,18-,19-,20-,21-,22-,23?,24-,25-/m1/s1/i26+1. The third kappa shape index (κ3) is 6.96. The maximum absolute atomic E-state index is 10.9. The Labute approximate surface area is 250 Å². The summed E-state index contributed by atoms with van der Waals surface area (Å²) in [7, 11) is 0. The summed E-state index contributed by atoms with van der Waals surface area (Å²) in [4.78, 5) is 0. The van der Waals surface area contributed by atoms with Crippen LogP contribution in [0, 0.1) is 0 Å². The number of ether oxygens (including phenoxy) is 5. The summed E-state index contributed by atoms with van der Waals surface area (Å²) in [5.74, 6) is 0. The van der Waals surface area contributed by atoms with Crippen molar-refractivity contribution in [2.24, 2.45) is 0 Å². The average Bonchev–Trinajstić information content (AvgIpc) is 3.00. The molecule has 256 valence electrons. The SMILES string of the molecule is C[C@H]1O[C@H](O[C@H]2[C@H](O)[C@@H](O)[C@@H](O[C@H]3[C@H](O)[C@@H](O)C(O)O[C@@H]3CO)O[C@@H]2CO)[C@H](O)[C@@H](O)[C@@H]1[15NH]C1C=C(CO)[C@@H](O)[C@H](O)[C@H]1O. The van der Waals surface area contributed by atoms with Gasteiger partial charge in [-0.1, -0.05) is 6.08 Å². The van der Waals surface area contributed by atoms with Crippen molar-refractivity contribution < 1.29 is 90.1 Å². The first-order valence-corrected chi connectivity index (χ1v) is 14.1. The first kappa shape index (κ1) is 35.8. The molecule has 0 amide bonds. The molecule has 0 bridgehead atoms. The summed E-state index contributed by atoms with van der Waals surface area (Å²) in [6, 6.07) is -2.17. The first-order valence-electron chi connectivity index (χ1n) is 14.1. The van der Waals surface area contributed by atoms with Gasteiger partial charge in [0.2, 0.25) is 0 Å². The van der Waals surface area contributed by atoms with Gasteiger partial charge in [-0.3, -0.25) is 0 Å². The minimum absolute atomic E-state index is 0.0225. The van der Waals surface area contributed by atoms with Crippen molar-refractivity contribution in [1.29, 1.82) is 0 Å². The molecule has 0 saturated carbocycles.